The van der Waals surface area contributed by atoms with Crippen LogP contribution in [-0.2, 0) is 9.53 Å². The number of aryl methyl sites for hydroxylation is 1. The van der Waals surface area contributed by atoms with Crippen LogP contribution in [0.3, 0.4) is 0 Å². The summed E-state index contributed by atoms with van der Waals surface area (Å²) < 4.78 is 16.3. The van der Waals surface area contributed by atoms with Crippen molar-refractivity contribution in [2.45, 2.75) is 33.8 Å². The lowest BCUT2D eigenvalue weighted by Crippen LogP contribution is -2.30. The van der Waals surface area contributed by atoms with Crippen molar-refractivity contribution in [3.8, 4) is 11.5 Å². The summed E-state index contributed by atoms with van der Waals surface area (Å²) in [5, 5.41) is 2.74. The zero-order valence-electron chi connectivity index (χ0n) is 16.9. The molecule has 0 saturated carbocycles. The molecule has 2 aromatic rings. The number of esters is 1. The average molecular weight is 385 g/mol. The van der Waals surface area contributed by atoms with E-state index in [1.165, 1.54) is 14.0 Å². The molecule has 28 heavy (non-hydrogen) atoms. The maximum atomic E-state index is 12.4. The number of rotatable bonds is 8. The lowest BCUT2D eigenvalue weighted by molar-refractivity contribution is -0.123. The van der Waals surface area contributed by atoms with E-state index in [0.717, 1.165) is 5.56 Å². The summed E-state index contributed by atoms with van der Waals surface area (Å²) in [5.41, 5.74) is 1.96. The predicted molar refractivity (Wildman–Crippen MR) is 108 cm³/mol. The second-order valence-electron chi connectivity index (χ2n) is 6.98. The summed E-state index contributed by atoms with van der Waals surface area (Å²) in [6.45, 7) is 8.08. The summed E-state index contributed by atoms with van der Waals surface area (Å²) >= 11 is 0. The number of carbonyl (C=O) groups excluding carboxylic acids is 2. The first-order chi connectivity index (χ1) is 13.3. The summed E-state index contributed by atoms with van der Waals surface area (Å²) in [7, 11) is 1.50. The van der Waals surface area contributed by atoms with Gasteiger partial charge in [-0.15, -0.1) is 0 Å². The van der Waals surface area contributed by atoms with Gasteiger partial charge in [0, 0.05) is 5.69 Å². The Bertz CT molecular complexity index is 831. The van der Waals surface area contributed by atoms with E-state index < -0.39 is 18.0 Å². The van der Waals surface area contributed by atoms with Crippen LogP contribution < -0.4 is 14.8 Å². The number of amides is 1. The van der Waals surface area contributed by atoms with Crippen LogP contribution in [0, 0.1) is 12.8 Å². The lowest BCUT2D eigenvalue weighted by atomic mass is 10.2. The molecule has 1 amide bonds. The first-order valence-electron chi connectivity index (χ1n) is 9.19. The van der Waals surface area contributed by atoms with Crippen LogP contribution in [-0.4, -0.2) is 31.7 Å². The number of hydrogen-bond donors (Lipinski definition) is 1. The molecule has 2 rings (SSSR count). The number of ether oxygens (including phenoxy) is 3. The molecule has 0 unspecified atom stereocenters. The van der Waals surface area contributed by atoms with Crippen molar-refractivity contribution in [1.82, 2.24) is 0 Å². The summed E-state index contributed by atoms with van der Waals surface area (Å²) in [4.78, 5) is 24.7. The molecule has 0 heterocycles. The molecule has 0 saturated heterocycles. The maximum absolute atomic E-state index is 12.4. The number of hydrogen-bond acceptors (Lipinski definition) is 5. The molecule has 6 heteroatoms. The first kappa shape index (κ1) is 21.3. The summed E-state index contributed by atoms with van der Waals surface area (Å²) in [6, 6.07) is 12.2. The van der Waals surface area contributed by atoms with E-state index >= 15 is 0 Å². The molecule has 0 spiro atoms. The van der Waals surface area contributed by atoms with Gasteiger partial charge in [-0.2, -0.15) is 0 Å². The Morgan fingerprint density at radius 2 is 1.79 bits per heavy atom. The minimum Gasteiger partial charge on any atom is -0.493 e. The first-order valence-corrected chi connectivity index (χ1v) is 9.19. The number of methoxy groups -OCH3 is 1. The van der Waals surface area contributed by atoms with Crippen molar-refractivity contribution >= 4 is 17.6 Å². The van der Waals surface area contributed by atoms with E-state index in [1.54, 1.807) is 24.3 Å². The third-order valence-corrected chi connectivity index (χ3v) is 3.91. The third-order valence-electron chi connectivity index (χ3n) is 3.91. The minimum absolute atomic E-state index is 0.281. The van der Waals surface area contributed by atoms with Crippen molar-refractivity contribution in [2.24, 2.45) is 5.92 Å². The van der Waals surface area contributed by atoms with Crippen LogP contribution >= 0.6 is 0 Å². The zero-order valence-corrected chi connectivity index (χ0v) is 16.9. The lowest BCUT2D eigenvalue weighted by Gasteiger charge is -2.15. The van der Waals surface area contributed by atoms with E-state index in [-0.39, 0.29) is 5.56 Å². The number of benzene rings is 2. The van der Waals surface area contributed by atoms with Crippen LogP contribution in [0.2, 0.25) is 0 Å². The van der Waals surface area contributed by atoms with E-state index in [1.807, 2.05) is 39.0 Å². The molecule has 0 radical (unpaired) electrons. The standard InChI is InChI=1S/C22H27NO5/c1-14(2)13-27-19-10-9-17(12-20(19)26-5)22(25)28-16(4)21(24)23-18-8-6-7-15(3)11-18/h6-12,14,16H,13H2,1-5H3,(H,23,24)/t16-/m1/s1. The smallest absolute Gasteiger partial charge is 0.339 e. The van der Waals surface area contributed by atoms with Crippen molar-refractivity contribution in [3.63, 3.8) is 0 Å². The highest BCUT2D eigenvalue weighted by Crippen LogP contribution is 2.29. The van der Waals surface area contributed by atoms with E-state index in [9.17, 15) is 9.59 Å². The molecule has 0 aromatic heterocycles. The molecule has 0 aliphatic carbocycles. The van der Waals surface area contributed by atoms with E-state index in [2.05, 4.69) is 5.32 Å². The molecular weight excluding hydrogens is 358 g/mol. The van der Waals surface area contributed by atoms with Gasteiger partial charge in [0.25, 0.3) is 5.91 Å². The van der Waals surface area contributed by atoms with Crippen molar-refractivity contribution in [1.29, 1.82) is 0 Å². The summed E-state index contributed by atoms with van der Waals surface area (Å²) in [6.07, 6.45) is -0.948. The highest BCUT2D eigenvalue weighted by atomic mass is 16.5. The maximum Gasteiger partial charge on any atom is 0.339 e. The number of carbonyl (C=O) groups is 2. The molecule has 1 atom stereocenters. The van der Waals surface area contributed by atoms with Gasteiger partial charge in [-0.1, -0.05) is 26.0 Å². The van der Waals surface area contributed by atoms with Crippen LogP contribution in [0.5, 0.6) is 11.5 Å². The fourth-order valence-corrected chi connectivity index (χ4v) is 2.42. The van der Waals surface area contributed by atoms with Crippen LogP contribution in [0.25, 0.3) is 0 Å². The molecule has 0 bridgehead atoms. The Morgan fingerprint density at radius 1 is 1.04 bits per heavy atom. The largest absolute Gasteiger partial charge is 0.493 e. The molecular formula is C22H27NO5. The number of nitrogens with one attached hydrogen (secondary N) is 1. The van der Waals surface area contributed by atoms with Gasteiger partial charge in [-0.25, -0.2) is 4.79 Å². The Kier molecular flexibility index (Phi) is 7.44. The van der Waals surface area contributed by atoms with Gasteiger partial charge in [0.15, 0.2) is 17.6 Å². The molecule has 0 fully saturated rings. The van der Waals surface area contributed by atoms with Gasteiger partial charge in [0.05, 0.1) is 19.3 Å². The topological polar surface area (TPSA) is 73.9 Å². The Morgan fingerprint density at radius 3 is 2.43 bits per heavy atom. The van der Waals surface area contributed by atoms with Crippen LogP contribution in [0.15, 0.2) is 42.5 Å². The molecule has 2 aromatic carbocycles. The van der Waals surface area contributed by atoms with Gasteiger partial charge >= 0.3 is 5.97 Å². The van der Waals surface area contributed by atoms with Gasteiger partial charge in [-0.3, -0.25) is 4.79 Å². The predicted octanol–water partition coefficient (Wildman–Crippen LogP) is 4.22. The Balaban J connectivity index is 2.01. The third kappa shape index (κ3) is 6.01. The second-order valence-corrected chi connectivity index (χ2v) is 6.98. The van der Waals surface area contributed by atoms with E-state index in [0.29, 0.717) is 29.7 Å². The fourth-order valence-electron chi connectivity index (χ4n) is 2.42. The number of anilines is 1. The molecule has 0 aliphatic rings. The quantitative estimate of drug-likeness (QED) is 0.689. The van der Waals surface area contributed by atoms with Crippen molar-refractivity contribution in [2.75, 3.05) is 19.0 Å². The van der Waals surface area contributed by atoms with E-state index in [4.69, 9.17) is 14.2 Å². The highest BCUT2D eigenvalue weighted by molar-refractivity contribution is 5.97. The van der Waals surface area contributed by atoms with Crippen molar-refractivity contribution in [3.05, 3.63) is 53.6 Å². The Hall–Kier alpha value is -3.02. The van der Waals surface area contributed by atoms with Crippen LogP contribution in [0.1, 0.15) is 36.7 Å². The van der Waals surface area contributed by atoms with Crippen LogP contribution in [0.4, 0.5) is 5.69 Å². The van der Waals surface area contributed by atoms with Gasteiger partial charge in [-0.05, 0) is 55.7 Å². The summed E-state index contributed by atoms with van der Waals surface area (Å²) in [5.74, 6) is 0.343. The van der Waals surface area contributed by atoms with Crippen molar-refractivity contribution < 1.29 is 23.8 Å². The zero-order chi connectivity index (χ0) is 20.7. The molecule has 1 N–H and O–H groups in total. The molecule has 0 aliphatic heterocycles. The molecule has 6 nitrogen and oxygen atoms in total. The minimum atomic E-state index is -0.948. The fraction of sp³-hybridized carbons (Fsp3) is 0.364. The monoisotopic (exact) mass is 385 g/mol. The van der Waals surface area contributed by atoms with Gasteiger partial charge < -0.3 is 19.5 Å². The molecule has 150 valence electrons. The van der Waals surface area contributed by atoms with Gasteiger partial charge in [0.2, 0.25) is 0 Å². The second kappa shape index (κ2) is 9.78. The average Bonchev–Trinajstić information content (AvgIpc) is 2.65. The SMILES string of the molecule is COc1cc(C(=O)O[C@H](C)C(=O)Nc2cccc(C)c2)ccc1OCC(C)C. The highest BCUT2D eigenvalue weighted by Gasteiger charge is 2.20. The normalized spacial score (nSPS) is 11.6. The van der Waals surface area contributed by atoms with Gasteiger partial charge in [0.1, 0.15) is 0 Å². The Labute approximate surface area is 165 Å².